The molecule has 5 nitrogen and oxygen atoms in total. The summed E-state index contributed by atoms with van der Waals surface area (Å²) in [6.45, 7) is 3.78. The molecule has 1 aromatic carbocycles. The van der Waals surface area contributed by atoms with Crippen molar-refractivity contribution in [3.63, 3.8) is 0 Å². The first-order valence-electron chi connectivity index (χ1n) is 6.22. The minimum Gasteiger partial charge on any atom is -0.465 e. The number of esters is 1. The number of carbonyl (C=O) groups excluding carboxylic acids is 1. The average Bonchev–Trinajstić information content (AvgIpc) is 2.37. The Morgan fingerprint density at radius 3 is 2.58 bits per heavy atom. The molecule has 0 aromatic heterocycles. The Morgan fingerprint density at radius 1 is 1.26 bits per heavy atom. The molecule has 0 heterocycles. The molecule has 0 spiro atoms. The van der Waals surface area contributed by atoms with Crippen molar-refractivity contribution in [3.8, 4) is 0 Å². The Bertz CT molecular complexity index is 525. The van der Waals surface area contributed by atoms with E-state index in [0.29, 0.717) is 18.7 Å². The van der Waals surface area contributed by atoms with Gasteiger partial charge in [-0.1, -0.05) is 19.1 Å². The van der Waals surface area contributed by atoms with Gasteiger partial charge in [-0.05, 0) is 25.5 Å². The highest BCUT2D eigenvalue weighted by molar-refractivity contribution is 7.91. The molecule has 0 aliphatic heterocycles. The number of hydrogen-bond donors (Lipinski definition) is 1. The van der Waals surface area contributed by atoms with E-state index in [1.807, 2.05) is 6.92 Å². The summed E-state index contributed by atoms with van der Waals surface area (Å²) in [5.41, 5.74) is 0.434. The van der Waals surface area contributed by atoms with Crippen LogP contribution >= 0.6 is 0 Å². The molecule has 0 saturated carbocycles. The summed E-state index contributed by atoms with van der Waals surface area (Å²) in [6, 6.07) is 6.57. The standard InChI is InChI=1S/C13H19NO4S/c1-3-9-19(16,17)12-8-6-5-7-11(12)14-10-13(15)18-4-2/h5-8,14H,3-4,9-10H2,1-2H3. The van der Waals surface area contributed by atoms with Crippen molar-refractivity contribution in [3.05, 3.63) is 24.3 Å². The van der Waals surface area contributed by atoms with Crippen LogP contribution in [0.2, 0.25) is 0 Å². The fourth-order valence-electron chi connectivity index (χ4n) is 1.64. The van der Waals surface area contributed by atoms with Gasteiger partial charge in [0.25, 0.3) is 0 Å². The van der Waals surface area contributed by atoms with Crippen LogP contribution in [0.4, 0.5) is 5.69 Å². The van der Waals surface area contributed by atoms with E-state index in [2.05, 4.69) is 5.32 Å². The van der Waals surface area contributed by atoms with Gasteiger partial charge in [0, 0.05) is 0 Å². The lowest BCUT2D eigenvalue weighted by molar-refractivity contribution is -0.140. The van der Waals surface area contributed by atoms with Crippen LogP contribution in [0, 0.1) is 0 Å². The monoisotopic (exact) mass is 285 g/mol. The molecule has 0 aliphatic rings. The van der Waals surface area contributed by atoms with Crippen molar-refractivity contribution >= 4 is 21.5 Å². The van der Waals surface area contributed by atoms with E-state index in [1.54, 1.807) is 31.2 Å². The predicted octanol–water partition coefficient (Wildman–Crippen LogP) is 1.85. The van der Waals surface area contributed by atoms with Crippen LogP contribution in [0.25, 0.3) is 0 Å². The van der Waals surface area contributed by atoms with Gasteiger partial charge in [-0.25, -0.2) is 8.42 Å². The first-order valence-corrected chi connectivity index (χ1v) is 7.87. The quantitative estimate of drug-likeness (QED) is 0.774. The van der Waals surface area contributed by atoms with E-state index in [0.717, 1.165) is 0 Å². The van der Waals surface area contributed by atoms with Gasteiger partial charge in [0.05, 0.1) is 22.9 Å². The molecule has 1 rings (SSSR count). The molecule has 0 aliphatic carbocycles. The Hall–Kier alpha value is -1.56. The summed E-state index contributed by atoms with van der Waals surface area (Å²) in [5, 5.41) is 2.81. The van der Waals surface area contributed by atoms with E-state index >= 15 is 0 Å². The lowest BCUT2D eigenvalue weighted by Gasteiger charge is -2.11. The van der Waals surface area contributed by atoms with Gasteiger partial charge in [0.15, 0.2) is 9.84 Å². The third-order valence-electron chi connectivity index (χ3n) is 2.42. The lowest BCUT2D eigenvalue weighted by Crippen LogP contribution is -2.18. The molecule has 6 heteroatoms. The summed E-state index contributed by atoms with van der Waals surface area (Å²) in [6.07, 6.45) is 0.550. The van der Waals surface area contributed by atoms with Crippen molar-refractivity contribution in [1.82, 2.24) is 0 Å². The summed E-state index contributed by atoms with van der Waals surface area (Å²) in [7, 11) is -3.32. The van der Waals surface area contributed by atoms with Crippen LogP contribution in [0.5, 0.6) is 0 Å². The molecular weight excluding hydrogens is 266 g/mol. The maximum Gasteiger partial charge on any atom is 0.325 e. The SMILES string of the molecule is CCCS(=O)(=O)c1ccccc1NCC(=O)OCC. The fourth-order valence-corrected chi connectivity index (χ4v) is 3.16. The summed E-state index contributed by atoms with van der Waals surface area (Å²) >= 11 is 0. The molecule has 0 fully saturated rings. The van der Waals surface area contributed by atoms with Gasteiger partial charge in [0.2, 0.25) is 0 Å². The highest BCUT2D eigenvalue weighted by Gasteiger charge is 2.17. The second-order valence-electron chi connectivity index (χ2n) is 3.97. The zero-order valence-corrected chi connectivity index (χ0v) is 12.0. The minimum atomic E-state index is -3.32. The van der Waals surface area contributed by atoms with Gasteiger partial charge in [-0.15, -0.1) is 0 Å². The first-order chi connectivity index (χ1) is 9.01. The van der Waals surface area contributed by atoms with Crippen LogP contribution < -0.4 is 5.32 Å². The van der Waals surface area contributed by atoms with Crippen LogP contribution in [-0.4, -0.2) is 33.3 Å². The molecule has 0 saturated heterocycles. The van der Waals surface area contributed by atoms with Gasteiger partial charge in [-0.2, -0.15) is 0 Å². The van der Waals surface area contributed by atoms with E-state index in [-0.39, 0.29) is 17.2 Å². The smallest absolute Gasteiger partial charge is 0.325 e. The molecule has 0 amide bonds. The molecule has 106 valence electrons. The number of para-hydroxylation sites is 1. The van der Waals surface area contributed by atoms with Crippen molar-refractivity contribution in [2.45, 2.75) is 25.2 Å². The maximum atomic E-state index is 12.1. The summed E-state index contributed by atoms with van der Waals surface area (Å²) in [4.78, 5) is 11.5. The van der Waals surface area contributed by atoms with Crippen molar-refractivity contribution in [1.29, 1.82) is 0 Å². The topological polar surface area (TPSA) is 72.5 Å². The van der Waals surface area contributed by atoms with Gasteiger partial charge >= 0.3 is 5.97 Å². The van der Waals surface area contributed by atoms with Crippen molar-refractivity contribution in [2.24, 2.45) is 0 Å². The molecule has 1 aromatic rings. The number of hydrogen-bond acceptors (Lipinski definition) is 5. The van der Waals surface area contributed by atoms with E-state index in [9.17, 15) is 13.2 Å². The third kappa shape index (κ3) is 4.55. The third-order valence-corrected chi connectivity index (χ3v) is 4.40. The highest BCUT2D eigenvalue weighted by Crippen LogP contribution is 2.22. The molecule has 0 unspecified atom stereocenters. The van der Waals surface area contributed by atoms with Crippen LogP contribution in [-0.2, 0) is 19.4 Å². The molecular formula is C13H19NO4S. The summed E-state index contributed by atoms with van der Waals surface area (Å²) < 4.78 is 28.9. The first kappa shape index (κ1) is 15.5. The Morgan fingerprint density at radius 2 is 1.95 bits per heavy atom. The normalized spacial score (nSPS) is 11.1. The maximum absolute atomic E-state index is 12.1. The van der Waals surface area contributed by atoms with E-state index in [1.165, 1.54) is 0 Å². The molecule has 0 atom stereocenters. The lowest BCUT2D eigenvalue weighted by atomic mass is 10.3. The highest BCUT2D eigenvalue weighted by atomic mass is 32.2. The number of benzene rings is 1. The van der Waals surface area contributed by atoms with Gasteiger partial charge in [-0.3, -0.25) is 4.79 Å². The largest absolute Gasteiger partial charge is 0.465 e. The van der Waals surface area contributed by atoms with Crippen molar-refractivity contribution in [2.75, 3.05) is 24.2 Å². The van der Waals surface area contributed by atoms with Crippen LogP contribution in [0.15, 0.2) is 29.2 Å². The average molecular weight is 285 g/mol. The van der Waals surface area contributed by atoms with E-state index in [4.69, 9.17) is 4.74 Å². The van der Waals surface area contributed by atoms with E-state index < -0.39 is 15.8 Å². The zero-order valence-electron chi connectivity index (χ0n) is 11.2. The Labute approximate surface area is 113 Å². The molecule has 19 heavy (non-hydrogen) atoms. The van der Waals surface area contributed by atoms with Crippen LogP contribution in [0.3, 0.4) is 0 Å². The zero-order chi connectivity index (χ0) is 14.3. The number of rotatable bonds is 7. The fraction of sp³-hybridized carbons (Fsp3) is 0.462. The molecule has 0 bridgehead atoms. The predicted molar refractivity (Wildman–Crippen MR) is 73.9 cm³/mol. The van der Waals surface area contributed by atoms with Gasteiger partial charge < -0.3 is 10.1 Å². The Kier molecular flexibility index (Phi) is 5.82. The number of nitrogens with one attached hydrogen (secondary N) is 1. The van der Waals surface area contributed by atoms with Gasteiger partial charge in [0.1, 0.15) is 6.54 Å². The molecule has 1 N–H and O–H groups in total. The number of sulfone groups is 1. The molecule has 0 radical (unpaired) electrons. The number of carbonyl (C=O) groups is 1. The number of ether oxygens (including phenoxy) is 1. The Balaban J connectivity index is 2.88. The second kappa shape index (κ2) is 7.13. The summed E-state index contributed by atoms with van der Waals surface area (Å²) in [5.74, 6) is -0.323. The minimum absolute atomic E-state index is 0.0491. The van der Waals surface area contributed by atoms with Crippen molar-refractivity contribution < 1.29 is 17.9 Å². The number of anilines is 1. The second-order valence-corrected chi connectivity index (χ2v) is 6.05. The van der Waals surface area contributed by atoms with Crippen LogP contribution in [0.1, 0.15) is 20.3 Å².